The molecule has 0 spiro atoms. The molecule has 0 amide bonds. The first-order chi connectivity index (χ1) is 8.85. The SMILES string of the molecule is C.CC.CCCNCC1(Oc2ccccc2)COC1. The van der Waals surface area contributed by atoms with Crippen molar-refractivity contribution in [3.63, 3.8) is 0 Å². The van der Waals surface area contributed by atoms with E-state index in [4.69, 9.17) is 9.47 Å². The molecular formula is C16H29NO2. The van der Waals surface area contributed by atoms with Gasteiger partial charge in [-0.15, -0.1) is 0 Å². The molecule has 0 unspecified atom stereocenters. The summed E-state index contributed by atoms with van der Waals surface area (Å²) in [6.45, 7) is 9.40. The molecule has 3 heteroatoms. The van der Waals surface area contributed by atoms with Crippen LogP contribution in [0.3, 0.4) is 0 Å². The van der Waals surface area contributed by atoms with Crippen LogP contribution < -0.4 is 10.1 Å². The van der Waals surface area contributed by atoms with Gasteiger partial charge in [0.25, 0.3) is 0 Å². The van der Waals surface area contributed by atoms with Crippen molar-refractivity contribution >= 4 is 0 Å². The molecule has 1 heterocycles. The average molecular weight is 267 g/mol. The van der Waals surface area contributed by atoms with Gasteiger partial charge in [-0.05, 0) is 25.1 Å². The zero-order valence-electron chi connectivity index (χ0n) is 11.7. The summed E-state index contributed by atoms with van der Waals surface area (Å²) in [7, 11) is 0. The molecular weight excluding hydrogens is 238 g/mol. The average Bonchev–Trinajstić information content (AvgIpc) is 2.39. The van der Waals surface area contributed by atoms with E-state index >= 15 is 0 Å². The summed E-state index contributed by atoms with van der Waals surface area (Å²) < 4.78 is 11.3. The first-order valence-corrected chi connectivity index (χ1v) is 6.87. The van der Waals surface area contributed by atoms with Crippen LogP contribution in [0, 0.1) is 0 Å². The molecule has 1 aromatic rings. The molecule has 0 saturated carbocycles. The fraction of sp³-hybridized carbons (Fsp3) is 0.625. The minimum atomic E-state index is -0.156. The van der Waals surface area contributed by atoms with E-state index in [-0.39, 0.29) is 13.0 Å². The molecule has 1 aliphatic heterocycles. The number of benzene rings is 1. The highest BCUT2D eigenvalue weighted by molar-refractivity contribution is 5.22. The lowest BCUT2D eigenvalue weighted by atomic mass is 10.0. The number of para-hydroxylation sites is 1. The van der Waals surface area contributed by atoms with Gasteiger partial charge in [0, 0.05) is 6.54 Å². The molecule has 0 atom stereocenters. The van der Waals surface area contributed by atoms with E-state index in [1.54, 1.807) is 0 Å². The quantitative estimate of drug-likeness (QED) is 0.800. The zero-order valence-corrected chi connectivity index (χ0v) is 11.7. The molecule has 19 heavy (non-hydrogen) atoms. The van der Waals surface area contributed by atoms with E-state index < -0.39 is 0 Å². The Hall–Kier alpha value is -1.06. The highest BCUT2D eigenvalue weighted by Crippen LogP contribution is 2.24. The third kappa shape index (κ3) is 5.62. The van der Waals surface area contributed by atoms with Crippen molar-refractivity contribution in [1.82, 2.24) is 5.32 Å². The van der Waals surface area contributed by atoms with Crippen molar-refractivity contribution in [1.29, 1.82) is 0 Å². The number of hydrogen-bond donors (Lipinski definition) is 1. The molecule has 110 valence electrons. The standard InChI is InChI=1S/C13H19NO2.C2H6.CH4/c1-2-8-14-9-13(10-15-11-13)16-12-6-4-3-5-7-12;1-2;/h3-7,14H,2,8-11H2,1H3;1-2H3;1H4. The van der Waals surface area contributed by atoms with Crippen LogP contribution in [0.1, 0.15) is 34.6 Å². The Morgan fingerprint density at radius 2 is 1.84 bits per heavy atom. The molecule has 1 aliphatic rings. The van der Waals surface area contributed by atoms with E-state index in [0.29, 0.717) is 13.2 Å². The molecule has 1 aromatic carbocycles. The molecule has 1 N–H and O–H groups in total. The number of ether oxygens (including phenoxy) is 2. The Labute approximate surface area is 118 Å². The smallest absolute Gasteiger partial charge is 0.167 e. The maximum Gasteiger partial charge on any atom is 0.167 e. The van der Waals surface area contributed by atoms with Gasteiger partial charge in [-0.2, -0.15) is 0 Å². The maximum absolute atomic E-state index is 6.00. The third-order valence-corrected chi connectivity index (χ3v) is 2.68. The second-order valence-corrected chi connectivity index (χ2v) is 4.27. The highest BCUT2D eigenvalue weighted by Gasteiger charge is 2.40. The predicted molar refractivity (Wildman–Crippen MR) is 81.9 cm³/mol. The molecule has 0 radical (unpaired) electrons. The van der Waals surface area contributed by atoms with Crippen molar-refractivity contribution < 1.29 is 9.47 Å². The van der Waals surface area contributed by atoms with E-state index in [1.807, 2.05) is 44.2 Å². The third-order valence-electron chi connectivity index (χ3n) is 2.68. The van der Waals surface area contributed by atoms with E-state index in [1.165, 1.54) is 0 Å². The minimum absolute atomic E-state index is 0. The monoisotopic (exact) mass is 267 g/mol. The van der Waals surface area contributed by atoms with Crippen LogP contribution >= 0.6 is 0 Å². The molecule has 3 nitrogen and oxygen atoms in total. The molecule has 0 aliphatic carbocycles. The van der Waals surface area contributed by atoms with Gasteiger partial charge in [0.15, 0.2) is 5.60 Å². The topological polar surface area (TPSA) is 30.5 Å². The first-order valence-electron chi connectivity index (χ1n) is 6.87. The van der Waals surface area contributed by atoms with Crippen LogP contribution in [0.15, 0.2) is 30.3 Å². The van der Waals surface area contributed by atoms with Crippen molar-refractivity contribution in [2.45, 2.75) is 40.2 Å². The second-order valence-electron chi connectivity index (χ2n) is 4.27. The lowest BCUT2D eigenvalue weighted by Gasteiger charge is -2.41. The minimum Gasteiger partial charge on any atom is -0.481 e. The lowest BCUT2D eigenvalue weighted by Crippen LogP contribution is -2.60. The summed E-state index contributed by atoms with van der Waals surface area (Å²) in [5, 5.41) is 3.39. The van der Waals surface area contributed by atoms with Crippen LogP contribution in [0.4, 0.5) is 0 Å². The Balaban J connectivity index is 0.00000103. The van der Waals surface area contributed by atoms with Gasteiger partial charge in [-0.3, -0.25) is 0 Å². The summed E-state index contributed by atoms with van der Waals surface area (Å²) in [5.74, 6) is 0.920. The van der Waals surface area contributed by atoms with Crippen LogP contribution in [-0.2, 0) is 4.74 Å². The molecule has 0 bridgehead atoms. The van der Waals surface area contributed by atoms with E-state index in [9.17, 15) is 0 Å². The molecule has 2 rings (SSSR count). The Morgan fingerprint density at radius 1 is 1.21 bits per heavy atom. The summed E-state index contributed by atoms with van der Waals surface area (Å²) in [6.07, 6.45) is 1.14. The fourth-order valence-corrected chi connectivity index (χ4v) is 1.76. The normalized spacial score (nSPS) is 15.3. The van der Waals surface area contributed by atoms with E-state index in [0.717, 1.165) is 25.3 Å². The van der Waals surface area contributed by atoms with Crippen LogP contribution in [0.25, 0.3) is 0 Å². The molecule has 1 fully saturated rings. The Kier molecular flexibility index (Phi) is 9.27. The number of hydrogen-bond acceptors (Lipinski definition) is 3. The van der Waals surface area contributed by atoms with Crippen LogP contribution in [0.5, 0.6) is 5.75 Å². The number of nitrogens with one attached hydrogen (secondary N) is 1. The van der Waals surface area contributed by atoms with Gasteiger partial charge in [0.1, 0.15) is 5.75 Å². The van der Waals surface area contributed by atoms with Gasteiger partial charge in [-0.25, -0.2) is 0 Å². The summed E-state index contributed by atoms with van der Waals surface area (Å²) in [4.78, 5) is 0. The fourth-order valence-electron chi connectivity index (χ4n) is 1.76. The van der Waals surface area contributed by atoms with Gasteiger partial charge in [0.05, 0.1) is 13.2 Å². The van der Waals surface area contributed by atoms with Gasteiger partial charge in [-0.1, -0.05) is 46.4 Å². The lowest BCUT2D eigenvalue weighted by molar-refractivity contribution is -0.158. The number of rotatable bonds is 6. The van der Waals surface area contributed by atoms with Crippen molar-refractivity contribution in [2.75, 3.05) is 26.3 Å². The summed E-state index contributed by atoms with van der Waals surface area (Å²) >= 11 is 0. The van der Waals surface area contributed by atoms with Gasteiger partial charge in [0.2, 0.25) is 0 Å². The summed E-state index contributed by atoms with van der Waals surface area (Å²) in [5.41, 5.74) is -0.156. The van der Waals surface area contributed by atoms with Gasteiger partial charge < -0.3 is 14.8 Å². The maximum atomic E-state index is 6.00. The van der Waals surface area contributed by atoms with Crippen molar-refractivity contribution in [2.24, 2.45) is 0 Å². The van der Waals surface area contributed by atoms with Crippen molar-refractivity contribution in [3.8, 4) is 5.75 Å². The van der Waals surface area contributed by atoms with Crippen molar-refractivity contribution in [3.05, 3.63) is 30.3 Å². The molecule has 0 aromatic heterocycles. The molecule has 1 saturated heterocycles. The summed E-state index contributed by atoms with van der Waals surface area (Å²) in [6, 6.07) is 9.94. The van der Waals surface area contributed by atoms with E-state index in [2.05, 4.69) is 12.2 Å². The predicted octanol–water partition coefficient (Wildman–Crippen LogP) is 3.50. The second kappa shape index (κ2) is 9.82. The largest absolute Gasteiger partial charge is 0.481 e. The van der Waals surface area contributed by atoms with Gasteiger partial charge >= 0.3 is 0 Å². The first kappa shape index (κ1) is 17.9. The zero-order chi connectivity index (χ0) is 13.3. The van der Waals surface area contributed by atoms with Crippen LogP contribution in [0.2, 0.25) is 0 Å². The Bertz CT molecular complexity index is 310. The Morgan fingerprint density at radius 3 is 2.32 bits per heavy atom. The van der Waals surface area contributed by atoms with Crippen LogP contribution in [-0.4, -0.2) is 31.9 Å². The highest BCUT2D eigenvalue weighted by atomic mass is 16.6.